The van der Waals surface area contributed by atoms with E-state index < -0.39 is 26.5 Å². The molecule has 0 aliphatic heterocycles. The quantitative estimate of drug-likeness (QED) is 0.198. The third-order valence-corrected chi connectivity index (χ3v) is 29.7. The van der Waals surface area contributed by atoms with E-state index in [1.807, 2.05) is 0 Å². The van der Waals surface area contributed by atoms with E-state index in [1.165, 1.54) is 25.7 Å². The van der Waals surface area contributed by atoms with Crippen molar-refractivity contribution >= 4 is 45.0 Å². The summed E-state index contributed by atoms with van der Waals surface area (Å²) in [5.41, 5.74) is 0. The molecule has 4 nitrogen and oxygen atoms in total. The minimum atomic E-state index is -3.51. The van der Waals surface area contributed by atoms with E-state index in [-0.39, 0.29) is 23.7 Å². The molecular formula is C33H56Ge2O4. The Kier molecular flexibility index (Phi) is 12.0. The first-order valence-corrected chi connectivity index (χ1v) is 28.3. The first-order chi connectivity index (χ1) is 18.8. The van der Waals surface area contributed by atoms with Crippen molar-refractivity contribution in [1.82, 2.24) is 0 Å². The molecule has 0 unspecified atom stereocenters. The van der Waals surface area contributed by atoms with E-state index in [0.29, 0.717) is 18.5 Å². The van der Waals surface area contributed by atoms with Crippen molar-refractivity contribution in [3.63, 3.8) is 0 Å². The van der Waals surface area contributed by atoms with Crippen LogP contribution in [0.5, 0.6) is 0 Å². The Morgan fingerprint density at radius 1 is 0.410 bits per heavy atom. The molecule has 0 radical (unpaired) electrons. The summed E-state index contributed by atoms with van der Waals surface area (Å²) in [5, 5.41) is 1.45. The third kappa shape index (κ3) is 7.59. The fraction of sp³-hybridized carbons (Fsp3) is 0.879. The zero-order chi connectivity index (χ0) is 27.9. The summed E-state index contributed by atoms with van der Waals surface area (Å²) < 4.78 is 1.49. The van der Waals surface area contributed by atoms with Crippen LogP contribution in [0.3, 0.4) is 0 Å². The Balaban J connectivity index is 1.53. The van der Waals surface area contributed by atoms with Gasteiger partial charge >= 0.3 is 245 Å². The van der Waals surface area contributed by atoms with Crippen LogP contribution in [0.1, 0.15) is 135 Å². The van der Waals surface area contributed by atoms with Crippen molar-refractivity contribution in [2.75, 3.05) is 0 Å². The average Bonchev–Trinajstić information content (AvgIpc) is 3.01. The summed E-state index contributed by atoms with van der Waals surface area (Å²) in [6.45, 7) is 0. The van der Waals surface area contributed by atoms with Gasteiger partial charge in [0, 0.05) is 0 Å². The van der Waals surface area contributed by atoms with Crippen molar-refractivity contribution in [3.05, 3.63) is 0 Å². The number of hydrogen-bond donors (Lipinski definition) is 0. The zero-order valence-corrected chi connectivity index (χ0v) is 29.4. The summed E-state index contributed by atoms with van der Waals surface area (Å²) in [6.07, 6.45) is 22.3. The first-order valence-electron chi connectivity index (χ1n) is 16.9. The molecule has 0 amide bonds. The van der Waals surface area contributed by atoms with Gasteiger partial charge in [-0.25, -0.2) is 0 Å². The van der Waals surface area contributed by atoms with Crippen molar-refractivity contribution in [2.45, 2.75) is 157 Å². The maximum atomic E-state index is 14.2. The molecule has 4 fully saturated rings. The molecule has 0 heterocycles. The van der Waals surface area contributed by atoms with Gasteiger partial charge in [0.2, 0.25) is 0 Å². The normalized spacial score (nSPS) is 23.4. The van der Waals surface area contributed by atoms with Gasteiger partial charge in [0.1, 0.15) is 0 Å². The van der Waals surface area contributed by atoms with Gasteiger partial charge in [0.05, 0.1) is 0 Å². The van der Waals surface area contributed by atoms with Gasteiger partial charge in [-0.1, -0.05) is 0 Å². The second-order valence-corrected chi connectivity index (χ2v) is 31.7. The molecule has 0 aromatic heterocycles. The first kappa shape index (κ1) is 31.7. The van der Waals surface area contributed by atoms with Crippen LogP contribution in [0, 0.1) is 23.7 Å². The van der Waals surface area contributed by atoms with E-state index in [4.69, 9.17) is 0 Å². The van der Waals surface area contributed by atoms with Crippen LogP contribution < -0.4 is 0 Å². The van der Waals surface area contributed by atoms with Crippen molar-refractivity contribution in [3.8, 4) is 0 Å². The van der Waals surface area contributed by atoms with Gasteiger partial charge in [-0.05, 0) is 0 Å². The van der Waals surface area contributed by atoms with E-state index in [2.05, 4.69) is 11.5 Å². The van der Waals surface area contributed by atoms with Gasteiger partial charge in [0.15, 0.2) is 0 Å². The van der Waals surface area contributed by atoms with Gasteiger partial charge in [0.25, 0.3) is 0 Å². The average molecular weight is 662 g/mol. The predicted molar refractivity (Wildman–Crippen MR) is 164 cm³/mol. The van der Waals surface area contributed by atoms with Crippen molar-refractivity contribution < 1.29 is 19.2 Å². The Hall–Kier alpha value is -0.234. The van der Waals surface area contributed by atoms with Crippen LogP contribution in [0.25, 0.3) is 0 Å². The summed E-state index contributed by atoms with van der Waals surface area (Å²) in [5.74, 6) is 4.66. The SMILES string of the molecule is [CH3][Ge]([CH2]C[CH2][Ge]([CH3])([C](=O)C1CCCCC1)[C](=O)C1CCCCC1)([C](=O)C1CCCCC1)[C](=O)C1CCCCC1. The van der Waals surface area contributed by atoms with Crippen molar-refractivity contribution in [2.24, 2.45) is 23.7 Å². The molecule has 0 saturated heterocycles. The van der Waals surface area contributed by atoms with Gasteiger partial charge < -0.3 is 0 Å². The van der Waals surface area contributed by atoms with Gasteiger partial charge in [-0.3, -0.25) is 0 Å². The monoisotopic (exact) mass is 664 g/mol. The summed E-state index contributed by atoms with van der Waals surface area (Å²) in [7, 11) is 0. The molecule has 4 aliphatic rings. The maximum absolute atomic E-state index is 14.2. The zero-order valence-electron chi connectivity index (χ0n) is 25.2. The van der Waals surface area contributed by atoms with Crippen molar-refractivity contribution in [1.29, 1.82) is 0 Å². The van der Waals surface area contributed by atoms with Crippen LogP contribution in [-0.4, -0.2) is 45.0 Å². The minimum absolute atomic E-state index is 0.0944. The van der Waals surface area contributed by atoms with Crippen LogP contribution in [-0.2, 0) is 19.2 Å². The van der Waals surface area contributed by atoms with E-state index >= 15 is 0 Å². The molecule has 220 valence electrons. The molecule has 0 aromatic carbocycles. The second-order valence-electron chi connectivity index (χ2n) is 14.3. The second kappa shape index (κ2) is 14.8. The number of rotatable bonds is 12. The van der Waals surface area contributed by atoms with Gasteiger partial charge in [-0.2, -0.15) is 0 Å². The Labute approximate surface area is 243 Å². The van der Waals surface area contributed by atoms with E-state index in [0.717, 1.165) is 120 Å². The van der Waals surface area contributed by atoms with E-state index in [9.17, 15) is 19.2 Å². The predicted octanol–water partition coefficient (Wildman–Crippen LogP) is 8.29. The molecule has 4 saturated carbocycles. The standard InChI is InChI=1S/C33H56Ge2O4/c1-34(30(36)26-16-7-3-8-17-26,31(37)27-18-9-4-10-19-27)24-15-25-35(2,32(38)28-20-11-5-12-21-28)33(39)29-22-13-6-14-23-29/h26-29H,3-25H2,1-2H3. The molecular weight excluding hydrogens is 606 g/mol. The molecule has 0 aromatic rings. The molecule has 39 heavy (non-hydrogen) atoms. The van der Waals surface area contributed by atoms with Crippen LogP contribution in [0.4, 0.5) is 0 Å². The number of hydrogen-bond acceptors (Lipinski definition) is 4. The summed E-state index contributed by atoms with van der Waals surface area (Å²) in [6, 6.07) is 0. The Morgan fingerprint density at radius 3 is 0.821 bits per heavy atom. The molecule has 0 bridgehead atoms. The third-order valence-electron chi connectivity index (χ3n) is 11.4. The Morgan fingerprint density at radius 2 is 0.615 bits per heavy atom. The van der Waals surface area contributed by atoms with E-state index in [1.54, 1.807) is 0 Å². The van der Waals surface area contributed by atoms with Crippen LogP contribution >= 0.6 is 0 Å². The number of carbonyl (C=O) groups is 4. The fourth-order valence-corrected chi connectivity index (χ4v) is 27.1. The molecule has 4 rings (SSSR count). The summed E-state index contributed by atoms with van der Waals surface area (Å²) in [4.78, 5) is 56.7. The topological polar surface area (TPSA) is 68.3 Å². The summed E-state index contributed by atoms with van der Waals surface area (Å²) >= 11 is -7.03. The molecule has 4 aliphatic carbocycles. The molecule has 0 atom stereocenters. The van der Waals surface area contributed by atoms with Gasteiger partial charge in [-0.15, -0.1) is 0 Å². The molecule has 6 heteroatoms. The Bertz CT molecular complexity index is 729. The molecule has 0 spiro atoms. The molecule has 0 N–H and O–H groups in total. The van der Waals surface area contributed by atoms with Crippen LogP contribution in [0.15, 0.2) is 0 Å². The number of carbonyl (C=O) groups excluding carboxylic acids is 4. The fourth-order valence-electron chi connectivity index (χ4n) is 8.79. The van der Waals surface area contributed by atoms with Crippen LogP contribution in [0.2, 0.25) is 22.0 Å².